The first-order valence-electron chi connectivity index (χ1n) is 5.97. The van der Waals surface area contributed by atoms with E-state index in [0.29, 0.717) is 13.0 Å². The first kappa shape index (κ1) is 14.4. The molecule has 3 heteroatoms. The van der Waals surface area contributed by atoms with Gasteiger partial charge in [0.25, 0.3) is 0 Å². The summed E-state index contributed by atoms with van der Waals surface area (Å²) >= 11 is 0. The molecule has 1 atom stereocenters. The third kappa shape index (κ3) is 9.73. The van der Waals surface area contributed by atoms with Crippen molar-refractivity contribution in [2.45, 2.75) is 52.4 Å². The van der Waals surface area contributed by atoms with Gasteiger partial charge in [-0.3, -0.25) is 4.79 Å². The molecule has 1 unspecified atom stereocenters. The summed E-state index contributed by atoms with van der Waals surface area (Å²) in [7, 11) is 0. The number of rotatable bonds is 9. The first-order chi connectivity index (χ1) is 7.20. The van der Waals surface area contributed by atoms with Gasteiger partial charge in [0.05, 0.1) is 6.61 Å². The van der Waals surface area contributed by atoms with Crippen molar-refractivity contribution in [2.75, 3.05) is 13.2 Å². The Balaban J connectivity index is 3.26. The van der Waals surface area contributed by atoms with E-state index in [1.165, 1.54) is 19.3 Å². The van der Waals surface area contributed by atoms with Crippen molar-refractivity contribution in [3.8, 4) is 0 Å². The second-order valence-electron chi connectivity index (χ2n) is 4.13. The highest BCUT2D eigenvalue weighted by atomic mass is 16.5. The molecular formula is C12H24O3. The normalized spacial score (nSPS) is 12.5. The standard InChI is InChI=1S/C12H24O3/c1-3-4-5-6-7-8-12(14)15-10-11(2)9-13/h11,13H,3-10H2,1-2H3. The number of esters is 1. The molecule has 0 aliphatic rings. The fourth-order valence-electron chi connectivity index (χ4n) is 1.23. The van der Waals surface area contributed by atoms with E-state index < -0.39 is 0 Å². The zero-order valence-corrected chi connectivity index (χ0v) is 10.00. The van der Waals surface area contributed by atoms with Gasteiger partial charge >= 0.3 is 5.97 Å². The summed E-state index contributed by atoms with van der Waals surface area (Å²) in [6.45, 7) is 4.44. The molecule has 90 valence electrons. The maximum absolute atomic E-state index is 11.2. The SMILES string of the molecule is CCCCCCCC(=O)OCC(C)CO. The Labute approximate surface area is 92.8 Å². The summed E-state index contributed by atoms with van der Waals surface area (Å²) in [6.07, 6.45) is 6.22. The van der Waals surface area contributed by atoms with Crippen molar-refractivity contribution in [1.82, 2.24) is 0 Å². The smallest absolute Gasteiger partial charge is 0.305 e. The van der Waals surface area contributed by atoms with Crippen LogP contribution in [0, 0.1) is 5.92 Å². The van der Waals surface area contributed by atoms with Crippen LogP contribution in [0.2, 0.25) is 0 Å². The Morgan fingerprint density at radius 2 is 1.93 bits per heavy atom. The van der Waals surface area contributed by atoms with Gasteiger partial charge in [-0.15, -0.1) is 0 Å². The van der Waals surface area contributed by atoms with Crippen LogP contribution in [-0.2, 0) is 9.53 Å². The summed E-state index contributed by atoms with van der Waals surface area (Å²) in [5.41, 5.74) is 0. The third-order valence-corrected chi connectivity index (χ3v) is 2.32. The first-order valence-corrected chi connectivity index (χ1v) is 5.97. The predicted molar refractivity (Wildman–Crippen MR) is 60.6 cm³/mol. The molecule has 0 amide bonds. The Morgan fingerprint density at radius 1 is 1.27 bits per heavy atom. The van der Waals surface area contributed by atoms with E-state index in [9.17, 15) is 4.79 Å². The predicted octanol–water partition coefficient (Wildman–Crippen LogP) is 2.52. The van der Waals surface area contributed by atoms with Crippen molar-refractivity contribution in [1.29, 1.82) is 0 Å². The fourth-order valence-corrected chi connectivity index (χ4v) is 1.23. The summed E-state index contributed by atoms with van der Waals surface area (Å²) in [5, 5.41) is 8.73. The molecule has 0 saturated carbocycles. The zero-order chi connectivity index (χ0) is 11.5. The topological polar surface area (TPSA) is 46.5 Å². The van der Waals surface area contributed by atoms with Crippen LogP contribution < -0.4 is 0 Å². The van der Waals surface area contributed by atoms with Crippen LogP contribution in [0.15, 0.2) is 0 Å². The molecule has 1 N–H and O–H groups in total. The molecule has 0 radical (unpaired) electrons. The average Bonchev–Trinajstić information content (AvgIpc) is 2.25. The molecule has 15 heavy (non-hydrogen) atoms. The van der Waals surface area contributed by atoms with Crippen molar-refractivity contribution in [3.05, 3.63) is 0 Å². The molecule has 0 spiro atoms. The Kier molecular flexibility index (Phi) is 9.59. The Bertz CT molecular complexity index is 157. The van der Waals surface area contributed by atoms with Gasteiger partial charge in [0.1, 0.15) is 0 Å². The maximum Gasteiger partial charge on any atom is 0.305 e. The van der Waals surface area contributed by atoms with Gasteiger partial charge in [-0.2, -0.15) is 0 Å². The molecule has 3 nitrogen and oxygen atoms in total. The largest absolute Gasteiger partial charge is 0.465 e. The average molecular weight is 216 g/mol. The second-order valence-corrected chi connectivity index (χ2v) is 4.13. The molecule has 0 aliphatic carbocycles. The molecule has 0 saturated heterocycles. The van der Waals surface area contributed by atoms with Crippen LogP contribution in [0.1, 0.15) is 52.4 Å². The molecule has 0 aliphatic heterocycles. The summed E-state index contributed by atoms with van der Waals surface area (Å²) in [6, 6.07) is 0. The van der Waals surface area contributed by atoms with Crippen LogP contribution in [0.5, 0.6) is 0 Å². The van der Waals surface area contributed by atoms with E-state index in [4.69, 9.17) is 9.84 Å². The molecule has 0 aromatic carbocycles. The summed E-state index contributed by atoms with van der Waals surface area (Å²) in [4.78, 5) is 11.2. The van der Waals surface area contributed by atoms with Gasteiger partial charge < -0.3 is 9.84 Å². The molecule has 0 aromatic rings. The lowest BCUT2D eigenvalue weighted by Crippen LogP contribution is -2.14. The Morgan fingerprint density at radius 3 is 2.53 bits per heavy atom. The number of hydrogen-bond acceptors (Lipinski definition) is 3. The van der Waals surface area contributed by atoms with Crippen LogP contribution in [0.3, 0.4) is 0 Å². The van der Waals surface area contributed by atoms with E-state index >= 15 is 0 Å². The van der Waals surface area contributed by atoms with E-state index in [1.54, 1.807) is 0 Å². The molecule has 0 rings (SSSR count). The highest BCUT2D eigenvalue weighted by Crippen LogP contribution is 2.06. The van der Waals surface area contributed by atoms with E-state index in [1.807, 2.05) is 6.92 Å². The van der Waals surface area contributed by atoms with Crippen LogP contribution in [-0.4, -0.2) is 24.3 Å². The van der Waals surface area contributed by atoms with Gasteiger partial charge in [-0.05, 0) is 6.42 Å². The monoisotopic (exact) mass is 216 g/mol. The molecule has 0 bridgehead atoms. The minimum atomic E-state index is -0.133. The lowest BCUT2D eigenvalue weighted by atomic mass is 10.1. The number of hydrogen-bond donors (Lipinski definition) is 1. The van der Waals surface area contributed by atoms with Gasteiger partial charge in [-0.1, -0.05) is 39.5 Å². The van der Waals surface area contributed by atoms with E-state index in [0.717, 1.165) is 12.8 Å². The minimum Gasteiger partial charge on any atom is -0.465 e. The molecule has 0 fully saturated rings. The Hall–Kier alpha value is -0.570. The molecule has 0 aromatic heterocycles. The highest BCUT2D eigenvalue weighted by molar-refractivity contribution is 5.69. The van der Waals surface area contributed by atoms with E-state index in [-0.39, 0.29) is 18.5 Å². The minimum absolute atomic E-state index is 0.0500. The number of aliphatic hydroxyl groups is 1. The number of unbranched alkanes of at least 4 members (excludes halogenated alkanes) is 4. The van der Waals surface area contributed by atoms with Gasteiger partial charge in [0, 0.05) is 18.9 Å². The number of carbonyl (C=O) groups is 1. The van der Waals surface area contributed by atoms with Gasteiger partial charge in [0.15, 0.2) is 0 Å². The third-order valence-electron chi connectivity index (χ3n) is 2.32. The summed E-state index contributed by atoms with van der Waals surface area (Å²) < 4.78 is 5.00. The van der Waals surface area contributed by atoms with Gasteiger partial charge in [0.2, 0.25) is 0 Å². The summed E-state index contributed by atoms with van der Waals surface area (Å²) in [5.74, 6) is -0.0826. The van der Waals surface area contributed by atoms with E-state index in [2.05, 4.69) is 6.92 Å². The number of carbonyl (C=O) groups excluding carboxylic acids is 1. The van der Waals surface area contributed by atoms with Crippen molar-refractivity contribution < 1.29 is 14.6 Å². The van der Waals surface area contributed by atoms with Crippen molar-refractivity contribution >= 4 is 5.97 Å². The van der Waals surface area contributed by atoms with Crippen molar-refractivity contribution in [2.24, 2.45) is 5.92 Å². The lowest BCUT2D eigenvalue weighted by Gasteiger charge is -2.08. The molecular weight excluding hydrogens is 192 g/mol. The van der Waals surface area contributed by atoms with Crippen LogP contribution in [0.4, 0.5) is 0 Å². The zero-order valence-electron chi connectivity index (χ0n) is 10.00. The maximum atomic E-state index is 11.2. The number of ether oxygens (including phenoxy) is 1. The molecule has 0 heterocycles. The fraction of sp³-hybridized carbons (Fsp3) is 0.917. The number of aliphatic hydroxyl groups excluding tert-OH is 1. The quantitative estimate of drug-likeness (QED) is 0.476. The highest BCUT2D eigenvalue weighted by Gasteiger charge is 2.05. The second kappa shape index (κ2) is 9.97. The van der Waals surface area contributed by atoms with Crippen molar-refractivity contribution in [3.63, 3.8) is 0 Å². The van der Waals surface area contributed by atoms with Crippen LogP contribution >= 0.6 is 0 Å². The lowest BCUT2D eigenvalue weighted by molar-refractivity contribution is -0.145. The van der Waals surface area contributed by atoms with Gasteiger partial charge in [-0.25, -0.2) is 0 Å². The van der Waals surface area contributed by atoms with Crippen LogP contribution in [0.25, 0.3) is 0 Å².